The second kappa shape index (κ2) is 4.06. The lowest BCUT2D eigenvalue weighted by Crippen LogP contribution is -1.84. The van der Waals surface area contributed by atoms with Gasteiger partial charge in [-0.25, -0.2) is 0 Å². The highest BCUT2D eigenvalue weighted by molar-refractivity contribution is 9.28. The van der Waals surface area contributed by atoms with Crippen molar-refractivity contribution in [3.63, 3.8) is 0 Å². The first kappa shape index (κ1) is 8.14. The third-order valence-electron chi connectivity index (χ3n) is 0.264. The fraction of sp³-hybridized carbons (Fsp3) is 0.333. The molecule has 0 aliphatic heterocycles. The van der Waals surface area contributed by atoms with E-state index < -0.39 is 5.01 Å². The van der Waals surface area contributed by atoms with Crippen molar-refractivity contribution in [2.24, 2.45) is 0 Å². The zero-order valence-electron chi connectivity index (χ0n) is 3.24. The molecule has 1 unspecified atom stereocenters. The quantitative estimate of drug-likeness (QED) is 0.736. The zero-order valence-corrected chi connectivity index (χ0v) is 7.99. The third-order valence-corrected chi connectivity index (χ3v) is 1.06. The van der Waals surface area contributed by atoms with Gasteiger partial charge in [0, 0.05) is 0 Å². The van der Waals surface area contributed by atoms with Crippen LogP contribution in [0.1, 0.15) is 0 Å². The summed E-state index contributed by atoms with van der Waals surface area (Å²) in [5, 5.41) is 7.93. The van der Waals surface area contributed by atoms with E-state index in [1.165, 1.54) is 0 Å². The SMILES string of the molecule is OC(Br)C=C(Br)Br. The van der Waals surface area contributed by atoms with Gasteiger partial charge in [0.15, 0.2) is 0 Å². The van der Waals surface area contributed by atoms with E-state index in [0.717, 1.165) is 3.39 Å². The van der Waals surface area contributed by atoms with Crippen LogP contribution in [0.3, 0.4) is 0 Å². The van der Waals surface area contributed by atoms with Gasteiger partial charge >= 0.3 is 0 Å². The smallest absolute Gasteiger partial charge is 0.129 e. The van der Waals surface area contributed by atoms with Crippen LogP contribution in [0, 0.1) is 0 Å². The Kier molecular flexibility index (Phi) is 4.72. The summed E-state index contributed by atoms with van der Waals surface area (Å²) in [7, 11) is 0. The second-order valence-corrected chi connectivity index (χ2v) is 4.54. The molecule has 0 rings (SSSR count). The van der Waals surface area contributed by atoms with Crippen molar-refractivity contribution in [3.8, 4) is 0 Å². The summed E-state index contributed by atoms with van der Waals surface area (Å²) in [5.41, 5.74) is 0. The van der Waals surface area contributed by atoms with Gasteiger partial charge in [0.25, 0.3) is 0 Å². The van der Waals surface area contributed by atoms with Crippen molar-refractivity contribution in [2.45, 2.75) is 5.01 Å². The van der Waals surface area contributed by atoms with Crippen LogP contribution in [-0.4, -0.2) is 10.1 Å². The third kappa shape index (κ3) is 7.14. The molecular weight excluding hydrogens is 292 g/mol. The molecule has 1 N–H and O–H groups in total. The Labute approximate surface area is 67.2 Å². The molecule has 0 bridgehead atoms. The minimum Gasteiger partial charge on any atom is -0.378 e. The molecule has 0 amide bonds. The molecule has 0 aromatic carbocycles. The maximum absolute atomic E-state index is 8.50. The summed E-state index contributed by atoms with van der Waals surface area (Å²) in [6, 6.07) is 0. The molecule has 0 aromatic heterocycles. The van der Waals surface area contributed by atoms with E-state index in [0.29, 0.717) is 0 Å². The van der Waals surface area contributed by atoms with Gasteiger partial charge < -0.3 is 5.11 Å². The van der Waals surface area contributed by atoms with E-state index in [1.807, 2.05) is 0 Å². The Bertz CT molecular complexity index is 74.2. The van der Waals surface area contributed by atoms with Gasteiger partial charge in [0.2, 0.25) is 0 Å². The Morgan fingerprint density at radius 2 is 2.00 bits per heavy atom. The minimum atomic E-state index is -0.568. The number of alkyl halides is 1. The van der Waals surface area contributed by atoms with Crippen LogP contribution < -0.4 is 0 Å². The summed E-state index contributed by atoms with van der Waals surface area (Å²) < 4.78 is 0.740. The van der Waals surface area contributed by atoms with E-state index in [4.69, 9.17) is 5.11 Å². The molecule has 42 valence electrons. The van der Waals surface area contributed by atoms with E-state index in [2.05, 4.69) is 47.8 Å². The largest absolute Gasteiger partial charge is 0.378 e. The standard InChI is InChI=1S/C3H3Br3O/c4-2(5)1-3(6)7/h1,3,7H. The molecule has 0 aromatic rings. The molecule has 0 aliphatic rings. The summed E-state index contributed by atoms with van der Waals surface area (Å²) in [5.74, 6) is 0. The van der Waals surface area contributed by atoms with Crippen molar-refractivity contribution in [2.75, 3.05) is 0 Å². The Balaban J connectivity index is 3.45. The maximum Gasteiger partial charge on any atom is 0.129 e. The zero-order chi connectivity index (χ0) is 5.86. The van der Waals surface area contributed by atoms with E-state index >= 15 is 0 Å². The van der Waals surface area contributed by atoms with Crippen LogP contribution in [0.2, 0.25) is 0 Å². The van der Waals surface area contributed by atoms with Gasteiger partial charge in [0.05, 0.1) is 3.39 Å². The fourth-order valence-electron chi connectivity index (χ4n) is 0.104. The number of hydrogen-bond acceptors (Lipinski definition) is 1. The topological polar surface area (TPSA) is 20.2 Å². The van der Waals surface area contributed by atoms with Crippen LogP contribution in [0.25, 0.3) is 0 Å². The van der Waals surface area contributed by atoms with Crippen molar-refractivity contribution in [3.05, 3.63) is 9.47 Å². The van der Waals surface area contributed by atoms with Crippen LogP contribution in [0.15, 0.2) is 9.47 Å². The van der Waals surface area contributed by atoms with Crippen LogP contribution in [-0.2, 0) is 0 Å². The molecule has 4 heteroatoms. The average Bonchev–Trinajstić information content (AvgIpc) is 1.27. The Morgan fingerprint density at radius 1 is 1.57 bits per heavy atom. The molecule has 1 nitrogen and oxygen atoms in total. The molecule has 0 heterocycles. The van der Waals surface area contributed by atoms with Crippen LogP contribution in [0.4, 0.5) is 0 Å². The first-order valence-corrected chi connectivity index (χ1v) is 3.98. The van der Waals surface area contributed by atoms with Crippen molar-refractivity contribution < 1.29 is 5.11 Å². The number of aliphatic hydroxyl groups is 1. The first-order valence-electron chi connectivity index (χ1n) is 1.48. The van der Waals surface area contributed by atoms with Crippen molar-refractivity contribution in [1.82, 2.24) is 0 Å². The minimum absolute atomic E-state index is 0.568. The molecule has 0 saturated carbocycles. The molecule has 0 aliphatic carbocycles. The predicted molar refractivity (Wildman–Crippen MR) is 40.9 cm³/mol. The highest BCUT2D eigenvalue weighted by Gasteiger charge is 1.88. The molecule has 0 radical (unpaired) electrons. The number of halogens is 3. The number of aliphatic hydroxyl groups excluding tert-OH is 1. The molecule has 0 saturated heterocycles. The van der Waals surface area contributed by atoms with Crippen LogP contribution >= 0.6 is 47.8 Å². The van der Waals surface area contributed by atoms with Gasteiger partial charge in [-0.2, -0.15) is 0 Å². The predicted octanol–water partition coefficient (Wildman–Crippen LogP) is 2.33. The lowest BCUT2D eigenvalue weighted by molar-refractivity contribution is 0.316. The van der Waals surface area contributed by atoms with Crippen LogP contribution in [0.5, 0.6) is 0 Å². The van der Waals surface area contributed by atoms with Gasteiger partial charge in [0.1, 0.15) is 5.01 Å². The van der Waals surface area contributed by atoms with Gasteiger partial charge in [-0.3, -0.25) is 0 Å². The highest BCUT2D eigenvalue weighted by Crippen LogP contribution is 2.14. The molecular formula is C3H3Br3O. The second-order valence-electron chi connectivity index (χ2n) is 0.829. The molecule has 7 heavy (non-hydrogen) atoms. The Hall–Kier alpha value is 1.14. The average molecular weight is 295 g/mol. The lowest BCUT2D eigenvalue weighted by Gasteiger charge is -1.88. The lowest BCUT2D eigenvalue weighted by atomic mass is 10.7. The summed E-state index contributed by atoms with van der Waals surface area (Å²) >= 11 is 9.02. The van der Waals surface area contributed by atoms with E-state index in [1.54, 1.807) is 6.08 Å². The summed E-state index contributed by atoms with van der Waals surface area (Å²) in [6.45, 7) is 0. The maximum atomic E-state index is 8.50. The molecule has 0 fully saturated rings. The highest BCUT2D eigenvalue weighted by atomic mass is 79.9. The fourth-order valence-corrected chi connectivity index (χ4v) is 1.58. The molecule has 1 atom stereocenters. The normalized spacial score (nSPS) is 13.1. The van der Waals surface area contributed by atoms with Gasteiger partial charge in [-0.1, -0.05) is 15.9 Å². The summed E-state index contributed by atoms with van der Waals surface area (Å²) in [4.78, 5) is 0. The van der Waals surface area contributed by atoms with E-state index in [-0.39, 0.29) is 0 Å². The van der Waals surface area contributed by atoms with Crippen molar-refractivity contribution >= 4 is 47.8 Å². The Morgan fingerprint density at radius 3 is 2.00 bits per heavy atom. The van der Waals surface area contributed by atoms with Gasteiger partial charge in [-0.15, -0.1) is 0 Å². The monoisotopic (exact) mass is 292 g/mol. The number of rotatable bonds is 1. The first-order chi connectivity index (χ1) is 3.13. The number of hydrogen-bond donors (Lipinski definition) is 1. The van der Waals surface area contributed by atoms with Crippen molar-refractivity contribution in [1.29, 1.82) is 0 Å². The summed E-state index contributed by atoms with van der Waals surface area (Å²) in [6.07, 6.45) is 1.56. The van der Waals surface area contributed by atoms with Gasteiger partial charge in [-0.05, 0) is 37.9 Å². The van der Waals surface area contributed by atoms with E-state index in [9.17, 15) is 0 Å². The molecule has 0 spiro atoms.